The Morgan fingerprint density at radius 1 is 0.678 bits per heavy atom. The van der Waals surface area contributed by atoms with Gasteiger partial charge >= 0.3 is 10.4 Å². The highest BCUT2D eigenvalue weighted by Gasteiger charge is 2.48. The van der Waals surface area contributed by atoms with E-state index in [1.165, 1.54) is 115 Å². The van der Waals surface area contributed by atoms with Gasteiger partial charge in [-0.25, -0.2) is 4.18 Å². The number of aliphatic hydroxyl groups excluding tert-OH is 5. The fraction of sp³-hybridized carbons (Fsp3) is 0.889. The first-order valence-corrected chi connectivity index (χ1v) is 24.7. The minimum absolute atomic E-state index is 0.230. The van der Waals surface area contributed by atoms with Crippen LogP contribution in [0.15, 0.2) is 24.3 Å². The summed E-state index contributed by atoms with van der Waals surface area (Å²) in [5.74, 6) is -0.711. The molecule has 1 rings (SSSR count). The molecule has 0 aliphatic carbocycles. The zero-order chi connectivity index (χ0) is 43.6. The first-order chi connectivity index (χ1) is 28.4. The summed E-state index contributed by atoms with van der Waals surface area (Å²) in [6, 6.07) is -1.12. The number of carbonyl (C=O) groups excluding carboxylic acids is 1. The molecule has 0 radical (unpaired) electrons. The van der Waals surface area contributed by atoms with Crippen LogP contribution in [0.1, 0.15) is 194 Å². The van der Waals surface area contributed by atoms with E-state index < -0.39 is 78.5 Å². The Balaban J connectivity index is 2.61. The van der Waals surface area contributed by atoms with Crippen LogP contribution in [-0.4, -0.2) is 107 Å². The molecule has 1 aliphatic rings. The van der Waals surface area contributed by atoms with Crippen LogP contribution >= 0.6 is 0 Å². The molecule has 0 bridgehead atoms. The largest absolute Gasteiger partial charge is 0.397 e. The van der Waals surface area contributed by atoms with E-state index in [0.29, 0.717) is 12.8 Å². The molecule has 13 nitrogen and oxygen atoms in total. The summed E-state index contributed by atoms with van der Waals surface area (Å²) in [6.45, 7) is 3.20. The Labute approximate surface area is 357 Å². The maximum absolute atomic E-state index is 13.1. The molecular formula is C45H85NO12S. The summed E-state index contributed by atoms with van der Waals surface area (Å²) in [4.78, 5) is 13.1. The number of amides is 1. The van der Waals surface area contributed by atoms with Crippen molar-refractivity contribution in [1.82, 2.24) is 5.32 Å². The average Bonchev–Trinajstić information content (AvgIpc) is 3.20. The minimum atomic E-state index is -5.12. The molecular weight excluding hydrogens is 779 g/mol. The molecule has 0 saturated carbocycles. The fourth-order valence-corrected chi connectivity index (χ4v) is 7.85. The van der Waals surface area contributed by atoms with E-state index in [1.807, 2.05) is 6.08 Å². The summed E-state index contributed by atoms with van der Waals surface area (Å²) in [7, 11) is -5.12. The van der Waals surface area contributed by atoms with Gasteiger partial charge in [-0.1, -0.05) is 173 Å². The van der Waals surface area contributed by atoms with E-state index in [9.17, 15) is 43.3 Å². The second-order valence-electron chi connectivity index (χ2n) is 16.5. The van der Waals surface area contributed by atoms with Gasteiger partial charge in [-0.15, -0.1) is 0 Å². The third-order valence-corrected chi connectivity index (χ3v) is 11.5. The van der Waals surface area contributed by atoms with Crippen molar-refractivity contribution in [2.24, 2.45) is 0 Å². The molecule has 1 fully saturated rings. The van der Waals surface area contributed by atoms with Gasteiger partial charge in [-0.05, 0) is 44.9 Å². The van der Waals surface area contributed by atoms with Crippen molar-refractivity contribution in [2.75, 3.05) is 13.2 Å². The van der Waals surface area contributed by atoms with Crippen LogP contribution in [0.25, 0.3) is 0 Å². The minimum Gasteiger partial charge on any atom is -0.394 e. The SMILES string of the molecule is CCCCCCCCC/C=C\CCCCCCC(O)C(=O)NC(COC1OC(CO)C(O)C(OS(=O)(=O)O)C1O)C(O)/C=C/CCCCCCCCCCCCCCC. The number of unbranched alkanes of at least 4 members (excludes halogenated alkanes) is 24. The lowest BCUT2D eigenvalue weighted by molar-refractivity contribution is -0.298. The number of rotatable bonds is 39. The zero-order valence-electron chi connectivity index (χ0n) is 36.7. The molecule has 8 unspecified atom stereocenters. The molecule has 14 heteroatoms. The van der Waals surface area contributed by atoms with Crippen LogP contribution in [0.3, 0.4) is 0 Å². The maximum Gasteiger partial charge on any atom is 0.397 e. The van der Waals surface area contributed by atoms with Gasteiger partial charge in [0.15, 0.2) is 6.29 Å². The quantitative estimate of drug-likeness (QED) is 0.0179. The molecule has 1 amide bonds. The number of ether oxygens (including phenoxy) is 2. The first kappa shape index (κ1) is 55.6. The van der Waals surface area contributed by atoms with Crippen LogP contribution in [-0.2, 0) is 28.9 Å². The molecule has 1 heterocycles. The molecule has 348 valence electrons. The second-order valence-corrected chi connectivity index (χ2v) is 17.5. The summed E-state index contributed by atoms with van der Waals surface area (Å²) in [5, 5.41) is 55.2. The van der Waals surface area contributed by atoms with Gasteiger partial charge in [0.1, 0.15) is 30.5 Å². The molecule has 1 saturated heterocycles. The van der Waals surface area contributed by atoms with Crippen molar-refractivity contribution in [3.8, 4) is 0 Å². The number of hydrogen-bond acceptors (Lipinski definition) is 11. The maximum atomic E-state index is 13.1. The average molecular weight is 864 g/mol. The van der Waals surface area contributed by atoms with Gasteiger partial charge in [0.25, 0.3) is 0 Å². The Morgan fingerprint density at radius 2 is 1.12 bits per heavy atom. The summed E-state index contributed by atoms with van der Waals surface area (Å²) in [5.41, 5.74) is 0. The van der Waals surface area contributed by atoms with Crippen molar-refractivity contribution in [2.45, 2.75) is 243 Å². The van der Waals surface area contributed by atoms with E-state index in [2.05, 4.69) is 35.5 Å². The van der Waals surface area contributed by atoms with E-state index in [1.54, 1.807) is 0 Å². The molecule has 8 atom stereocenters. The standard InChI is InChI=1S/C45H85NO12S/c1-3-5-7-9-11-13-15-17-19-21-23-25-27-29-31-33-38(48)37(36-56-45-42(51)43(58-59(53,54)55)41(50)40(35-47)57-45)46-44(52)39(49)34-32-30-28-26-24-22-20-18-16-14-12-10-8-6-4-2/h20,22,31,33,37-43,45,47-51H,3-19,21,23-30,32,34-36H2,1-2H3,(H,46,52)(H,53,54,55)/b22-20-,33-31+. The third-order valence-electron chi connectivity index (χ3n) is 11.1. The summed E-state index contributed by atoms with van der Waals surface area (Å²) in [6.07, 6.45) is 28.3. The van der Waals surface area contributed by atoms with Gasteiger partial charge in [0, 0.05) is 0 Å². The van der Waals surface area contributed by atoms with E-state index in [0.717, 1.165) is 51.4 Å². The van der Waals surface area contributed by atoms with Gasteiger partial charge in [0.2, 0.25) is 5.91 Å². The molecule has 1 aliphatic heterocycles. The van der Waals surface area contributed by atoms with E-state index in [-0.39, 0.29) is 6.42 Å². The molecule has 0 aromatic carbocycles. The first-order valence-electron chi connectivity index (χ1n) is 23.3. The second kappa shape index (κ2) is 36.1. The van der Waals surface area contributed by atoms with Crippen molar-refractivity contribution in [3.63, 3.8) is 0 Å². The highest BCUT2D eigenvalue weighted by Crippen LogP contribution is 2.26. The normalized spacial score (nSPS) is 21.7. The summed E-state index contributed by atoms with van der Waals surface area (Å²) < 4.78 is 47.5. The monoisotopic (exact) mass is 864 g/mol. The Bertz CT molecular complexity index is 1170. The zero-order valence-corrected chi connectivity index (χ0v) is 37.5. The van der Waals surface area contributed by atoms with Crippen LogP contribution in [0, 0.1) is 0 Å². The van der Waals surface area contributed by atoms with E-state index in [4.69, 9.17) is 9.47 Å². The van der Waals surface area contributed by atoms with Crippen molar-refractivity contribution >= 4 is 16.3 Å². The highest BCUT2D eigenvalue weighted by molar-refractivity contribution is 7.80. The van der Waals surface area contributed by atoms with Gasteiger partial charge in [-0.2, -0.15) is 8.42 Å². The van der Waals surface area contributed by atoms with Crippen molar-refractivity contribution in [1.29, 1.82) is 0 Å². The van der Waals surface area contributed by atoms with Crippen LogP contribution in [0.4, 0.5) is 0 Å². The lowest BCUT2D eigenvalue weighted by Crippen LogP contribution is -2.61. The smallest absolute Gasteiger partial charge is 0.394 e. The highest BCUT2D eigenvalue weighted by atomic mass is 32.3. The lowest BCUT2D eigenvalue weighted by atomic mass is 9.99. The fourth-order valence-electron chi connectivity index (χ4n) is 7.34. The predicted molar refractivity (Wildman–Crippen MR) is 233 cm³/mol. The van der Waals surface area contributed by atoms with Crippen LogP contribution in [0.5, 0.6) is 0 Å². The van der Waals surface area contributed by atoms with Gasteiger partial charge in [0.05, 0.1) is 25.4 Å². The molecule has 0 aromatic rings. The van der Waals surface area contributed by atoms with Crippen molar-refractivity contribution in [3.05, 3.63) is 24.3 Å². The van der Waals surface area contributed by atoms with Gasteiger partial charge in [-0.3, -0.25) is 9.35 Å². The van der Waals surface area contributed by atoms with E-state index >= 15 is 0 Å². The summed E-state index contributed by atoms with van der Waals surface area (Å²) >= 11 is 0. The molecule has 0 spiro atoms. The Kier molecular flexibility index (Phi) is 34.0. The van der Waals surface area contributed by atoms with Crippen molar-refractivity contribution < 1.29 is 57.0 Å². The molecule has 0 aromatic heterocycles. The third kappa shape index (κ3) is 28.7. The number of carbonyl (C=O) groups is 1. The topological polar surface area (TPSA) is 212 Å². The van der Waals surface area contributed by atoms with Gasteiger partial charge < -0.3 is 40.3 Å². The number of nitrogens with one attached hydrogen (secondary N) is 1. The molecule has 59 heavy (non-hydrogen) atoms. The number of hydrogen-bond donors (Lipinski definition) is 7. The van der Waals surface area contributed by atoms with Crippen LogP contribution in [0.2, 0.25) is 0 Å². The lowest BCUT2D eigenvalue weighted by Gasteiger charge is -2.41. The van der Waals surface area contributed by atoms with Crippen LogP contribution < -0.4 is 5.32 Å². The number of allylic oxidation sites excluding steroid dienone is 3. The predicted octanol–water partition coefficient (Wildman–Crippen LogP) is 7.91. The molecule has 7 N–H and O–H groups in total. The Morgan fingerprint density at radius 3 is 1.58 bits per heavy atom. The number of aliphatic hydroxyl groups is 5. The Hall–Kier alpha value is -1.46.